The van der Waals surface area contributed by atoms with E-state index in [1.807, 2.05) is 0 Å². The first-order valence-electron chi connectivity index (χ1n) is 6.45. The summed E-state index contributed by atoms with van der Waals surface area (Å²) in [6.07, 6.45) is 4.01. The molecule has 0 bridgehead atoms. The topological polar surface area (TPSA) is 12.0 Å². The van der Waals surface area contributed by atoms with Crippen molar-refractivity contribution in [2.75, 3.05) is 13.1 Å². The Morgan fingerprint density at radius 1 is 1.12 bits per heavy atom. The van der Waals surface area contributed by atoms with E-state index in [1.54, 1.807) is 0 Å². The minimum absolute atomic E-state index is 0.323. The molecule has 0 saturated carbocycles. The number of nitrogens with one attached hydrogen (secondary N) is 1. The summed E-state index contributed by atoms with van der Waals surface area (Å²) in [6, 6.07) is 10.9. The highest BCUT2D eigenvalue weighted by Gasteiger charge is 2.25. The largest absolute Gasteiger partial charge is 0.317 e. The maximum absolute atomic E-state index is 3.44. The van der Waals surface area contributed by atoms with Crippen LogP contribution in [0.15, 0.2) is 30.3 Å². The Labute approximate surface area is 99.3 Å². The number of rotatable bonds is 3. The molecule has 1 aromatic carbocycles. The Morgan fingerprint density at radius 2 is 1.75 bits per heavy atom. The van der Waals surface area contributed by atoms with Crippen molar-refractivity contribution in [1.82, 2.24) is 5.32 Å². The van der Waals surface area contributed by atoms with E-state index in [2.05, 4.69) is 49.5 Å². The van der Waals surface area contributed by atoms with Gasteiger partial charge in [0.25, 0.3) is 0 Å². The van der Waals surface area contributed by atoms with Crippen molar-refractivity contribution >= 4 is 0 Å². The summed E-state index contributed by atoms with van der Waals surface area (Å²) in [6.45, 7) is 7.17. The van der Waals surface area contributed by atoms with Crippen molar-refractivity contribution in [3.63, 3.8) is 0 Å². The van der Waals surface area contributed by atoms with Crippen molar-refractivity contribution in [3.05, 3.63) is 35.9 Å². The van der Waals surface area contributed by atoms with Gasteiger partial charge in [0.2, 0.25) is 0 Å². The summed E-state index contributed by atoms with van der Waals surface area (Å²) in [5, 5.41) is 3.44. The highest BCUT2D eigenvalue weighted by Crippen LogP contribution is 2.33. The van der Waals surface area contributed by atoms with Gasteiger partial charge in [-0.2, -0.15) is 0 Å². The minimum Gasteiger partial charge on any atom is -0.317 e. The van der Waals surface area contributed by atoms with Crippen LogP contribution in [0.25, 0.3) is 0 Å². The summed E-state index contributed by atoms with van der Waals surface area (Å²) >= 11 is 0. The minimum atomic E-state index is 0.323. The Kier molecular flexibility index (Phi) is 3.65. The fraction of sp³-hybridized carbons (Fsp3) is 0.600. The quantitative estimate of drug-likeness (QED) is 0.818. The lowest BCUT2D eigenvalue weighted by atomic mass is 9.75. The van der Waals surface area contributed by atoms with Gasteiger partial charge in [-0.3, -0.25) is 0 Å². The third-order valence-corrected chi connectivity index (χ3v) is 3.81. The molecule has 2 rings (SSSR count). The molecule has 0 aliphatic carbocycles. The molecule has 1 N–H and O–H groups in total. The lowest BCUT2D eigenvalue weighted by Gasteiger charge is -2.32. The molecule has 0 radical (unpaired) electrons. The maximum atomic E-state index is 3.44. The zero-order valence-corrected chi connectivity index (χ0v) is 10.5. The van der Waals surface area contributed by atoms with Gasteiger partial charge in [-0.15, -0.1) is 0 Å². The number of hydrogen-bond acceptors (Lipinski definition) is 1. The molecular formula is C15H23N. The molecule has 0 atom stereocenters. The van der Waals surface area contributed by atoms with Gasteiger partial charge in [0.1, 0.15) is 0 Å². The maximum Gasteiger partial charge on any atom is -0.00463 e. The van der Waals surface area contributed by atoms with Gasteiger partial charge in [-0.1, -0.05) is 44.2 Å². The van der Waals surface area contributed by atoms with Crippen molar-refractivity contribution in [3.8, 4) is 0 Å². The fourth-order valence-electron chi connectivity index (χ4n) is 2.81. The van der Waals surface area contributed by atoms with Gasteiger partial charge >= 0.3 is 0 Å². The second kappa shape index (κ2) is 5.01. The van der Waals surface area contributed by atoms with Crippen LogP contribution in [0.5, 0.6) is 0 Å². The molecule has 1 fully saturated rings. The van der Waals surface area contributed by atoms with Crippen LogP contribution in [0.3, 0.4) is 0 Å². The summed E-state index contributed by atoms with van der Waals surface area (Å²) in [7, 11) is 0. The number of hydrogen-bond donors (Lipinski definition) is 1. The average molecular weight is 217 g/mol. The van der Waals surface area contributed by atoms with E-state index < -0.39 is 0 Å². The van der Waals surface area contributed by atoms with E-state index in [1.165, 1.54) is 37.9 Å². The highest BCUT2D eigenvalue weighted by atomic mass is 14.9. The summed E-state index contributed by atoms with van der Waals surface area (Å²) in [4.78, 5) is 0. The van der Waals surface area contributed by atoms with Crippen LogP contribution < -0.4 is 5.32 Å². The van der Waals surface area contributed by atoms with Crippen molar-refractivity contribution < 1.29 is 0 Å². The fourth-order valence-corrected chi connectivity index (χ4v) is 2.81. The molecule has 1 heterocycles. The van der Waals surface area contributed by atoms with Crippen molar-refractivity contribution in [2.24, 2.45) is 5.92 Å². The normalized spacial score (nSPS) is 18.6. The first-order chi connectivity index (χ1) is 7.68. The zero-order valence-electron chi connectivity index (χ0n) is 10.5. The Bertz CT molecular complexity index is 309. The van der Waals surface area contributed by atoms with E-state index in [4.69, 9.17) is 0 Å². The van der Waals surface area contributed by atoms with Gasteiger partial charge in [-0.05, 0) is 49.2 Å². The van der Waals surface area contributed by atoms with Gasteiger partial charge in [0.05, 0.1) is 0 Å². The van der Waals surface area contributed by atoms with Gasteiger partial charge in [0, 0.05) is 0 Å². The van der Waals surface area contributed by atoms with Crippen LogP contribution in [-0.2, 0) is 5.41 Å². The van der Waals surface area contributed by atoms with Gasteiger partial charge in [0.15, 0.2) is 0 Å². The Morgan fingerprint density at radius 3 is 2.38 bits per heavy atom. The summed E-state index contributed by atoms with van der Waals surface area (Å²) in [5.74, 6) is 0.899. The predicted octanol–water partition coefficient (Wildman–Crippen LogP) is 3.35. The highest BCUT2D eigenvalue weighted by molar-refractivity contribution is 5.23. The second-order valence-corrected chi connectivity index (χ2v) is 5.65. The molecule has 1 saturated heterocycles. The van der Waals surface area contributed by atoms with E-state index in [0.717, 1.165) is 5.92 Å². The predicted molar refractivity (Wildman–Crippen MR) is 69.7 cm³/mol. The van der Waals surface area contributed by atoms with Crippen LogP contribution in [0, 0.1) is 5.92 Å². The van der Waals surface area contributed by atoms with E-state index in [9.17, 15) is 0 Å². The lowest BCUT2D eigenvalue weighted by molar-refractivity contribution is 0.290. The van der Waals surface area contributed by atoms with Gasteiger partial charge < -0.3 is 5.32 Å². The summed E-state index contributed by atoms with van der Waals surface area (Å²) in [5.41, 5.74) is 1.80. The molecule has 88 valence electrons. The van der Waals surface area contributed by atoms with Crippen LogP contribution in [0.4, 0.5) is 0 Å². The third-order valence-electron chi connectivity index (χ3n) is 3.81. The second-order valence-electron chi connectivity index (χ2n) is 5.65. The van der Waals surface area contributed by atoms with Crippen molar-refractivity contribution in [1.29, 1.82) is 0 Å². The first-order valence-corrected chi connectivity index (χ1v) is 6.45. The molecule has 1 aromatic rings. The number of benzene rings is 1. The van der Waals surface area contributed by atoms with Crippen LogP contribution in [-0.4, -0.2) is 13.1 Å². The molecule has 0 unspecified atom stereocenters. The summed E-state index contributed by atoms with van der Waals surface area (Å²) < 4.78 is 0. The molecule has 0 aromatic heterocycles. The molecule has 1 aliphatic heterocycles. The monoisotopic (exact) mass is 217 g/mol. The number of piperidine rings is 1. The van der Waals surface area contributed by atoms with Crippen LogP contribution >= 0.6 is 0 Å². The third kappa shape index (κ3) is 2.85. The van der Waals surface area contributed by atoms with Gasteiger partial charge in [-0.25, -0.2) is 0 Å². The zero-order chi connectivity index (χ0) is 11.4. The molecule has 0 amide bonds. The Balaban J connectivity index is 2.01. The van der Waals surface area contributed by atoms with E-state index in [-0.39, 0.29) is 0 Å². The standard InChI is InChI=1S/C15H23N/c1-15(2,14-6-4-3-5-7-14)12-13-8-10-16-11-9-13/h3-7,13,16H,8-12H2,1-2H3. The van der Waals surface area contributed by atoms with Crippen molar-refractivity contribution in [2.45, 2.75) is 38.5 Å². The SMILES string of the molecule is CC(C)(CC1CCNCC1)c1ccccc1. The molecular weight excluding hydrogens is 194 g/mol. The average Bonchev–Trinajstić information content (AvgIpc) is 2.31. The lowest BCUT2D eigenvalue weighted by Crippen LogP contribution is -2.31. The smallest absolute Gasteiger partial charge is 0.00463 e. The first kappa shape index (κ1) is 11.7. The van der Waals surface area contributed by atoms with E-state index >= 15 is 0 Å². The van der Waals surface area contributed by atoms with Crippen LogP contribution in [0.2, 0.25) is 0 Å². The molecule has 0 spiro atoms. The van der Waals surface area contributed by atoms with E-state index in [0.29, 0.717) is 5.41 Å². The molecule has 1 nitrogen and oxygen atoms in total. The Hall–Kier alpha value is -0.820. The van der Waals surface area contributed by atoms with Crippen LogP contribution in [0.1, 0.15) is 38.7 Å². The molecule has 16 heavy (non-hydrogen) atoms. The molecule has 1 heteroatoms. The molecule has 1 aliphatic rings.